The van der Waals surface area contributed by atoms with E-state index in [1.165, 1.54) is 0 Å². The van der Waals surface area contributed by atoms with Gasteiger partial charge >= 0.3 is 11.9 Å². The maximum absolute atomic E-state index is 11.9. The summed E-state index contributed by atoms with van der Waals surface area (Å²) in [4.78, 5) is 24.1. The zero-order valence-electron chi connectivity index (χ0n) is 19.7. The zero-order valence-corrected chi connectivity index (χ0v) is 20.5. The third-order valence-electron chi connectivity index (χ3n) is 4.76. The summed E-state index contributed by atoms with van der Waals surface area (Å²) < 4.78 is 11.4. The normalized spacial score (nSPS) is 12.4. The number of carbonyl (C=O) groups excluding carboxylic acids is 1. The first-order valence-corrected chi connectivity index (χ1v) is 12.0. The molecule has 6 nitrogen and oxygen atoms in total. The minimum Gasteiger partial charge on any atom is -0.493 e. The molecule has 0 bridgehead atoms. The summed E-state index contributed by atoms with van der Waals surface area (Å²) >= 11 is 1.62. The largest absolute Gasteiger partial charge is 0.493 e. The van der Waals surface area contributed by atoms with Crippen LogP contribution < -0.4 is 10.1 Å². The third kappa shape index (κ3) is 8.63. The van der Waals surface area contributed by atoms with Gasteiger partial charge in [0.1, 0.15) is 11.4 Å². The average molecular weight is 462 g/mol. The van der Waals surface area contributed by atoms with Crippen LogP contribution in [0.5, 0.6) is 5.75 Å². The predicted molar refractivity (Wildman–Crippen MR) is 128 cm³/mol. The number of hydrogen-bond donors (Lipinski definition) is 2. The van der Waals surface area contributed by atoms with Crippen LogP contribution in [-0.4, -0.2) is 35.8 Å². The third-order valence-corrected chi connectivity index (χ3v) is 5.70. The topological polar surface area (TPSA) is 84.9 Å². The van der Waals surface area contributed by atoms with E-state index in [0.29, 0.717) is 13.2 Å². The Balaban J connectivity index is 2.11. The van der Waals surface area contributed by atoms with Crippen molar-refractivity contribution in [3.8, 4) is 16.9 Å². The fourth-order valence-corrected chi connectivity index (χ4v) is 4.04. The summed E-state index contributed by atoms with van der Waals surface area (Å²) in [6.07, 6.45) is 2.08. The van der Waals surface area contributed by atoms with Gasteiger partial charge in [0, 0.05) is 17.0 Å². The lowest BCUT2D eigenvalue weighted by molar-refractivity contribution is -0.153. The SMILES string of the molecule is CCCCOc1cc(C(C)CC(=O)O)ccc1-c1csc(CNCC(=O)OC(C)(C)C)c1. The number of unbranched alkanes of at least 4 members (excludes halogenated alkanes) is 1. The van der Waals surface area contributed by atoms with Gasteiger partial charge in [0.15, 0.2) is 0 Å². The Morgan fingerprint density at radius 1 is 1.22 bits per heavy atom. The molecule has 1 heterocycles. The number of esters is 1. The first-order chi connectivity index (χ1) is 15.1. The standard InChI is InChI=1S/C25H35NO5S/c1-6-7-10-30-22-13-18(17(2)11-23(27)28)8-9-21(22)19-12-20(32-16-19)14-26-15-24(29)31-25(3,4)5/h8-9,12-13,16-17,26H,6-7,10-11,14-15H2,1-5H3,(H,27,28). The van der Waals surface area contributed by atoms with Gasteiger partial charge in [-0.25, -0.2) is 0 Å². The highest BCUT2D eigenvalue weighted by Gasteiger charge is 2.17. The van der Waals surface area contributed by atoms with E-state index < -0.39 is 11.6 Å². The molecule has 0 fully saturated rings. The lowest BCUT2D eigenvalue weighted by Gasteiger charge is -2.19. The van der Waals surface area contributed by atoms with Crippen LogP contribution in [0.3, 0.4) is 0 Å². The van der Waals surface area contributed by atoms with Crippen LogP contribution in [0.2, 0.25) is 0 Å². The van der Waals surface area contributed by atoms with Crippen molar-refractivity contribution in [1.29, 1.82) is 0 Å². The minimum atomic E-state index is -0.809. The molecule has 0 amide bonds. The maximum Gasteiger partial charge on any atom is 0.320 e. The highest BCUT2D eigenvalue weighted by atomic mass is 32.1. The molecule has 1 atom stereocenters. The van der Waals surface area contributed by atoms with E-state index >= 15 is 0 Å². The molecule has 7 heteroatoms. The maximum atomic E-state index is 11.9. The molecule has 0 saturated carbocycles. The zero-order chi connectivity index (χ0) is 23.7. The first-order valence-electron chi connectivity index (χ1n) is 11.1. The Morgan fingerprint density at radius 2 is 1.97 bits per heavy atom. The number of carboxylic acid groups (broad SMARTS) is 1. The lowest BCUT2D eigenvalue weighted by Crippen LogP contribution is -2.31. The van der Waals surface area contributed by atoms with E-state index in [4.69, 9.17) is 14.6 Å². The number of thiophene rings is 1. The summed E-state index contributed by atoms with van der Waals surface area (Å²) in [5, 5.41) is 14.3. The van der Waals surface area contributed by atoms with Gasteiger partial charge in [-0.1, -0.05) is 32.4 Å². The van der Waals surface area contributed by atoms with Gasteiger partial charge in [-0.2, -0.15) is 0 Å². The van der Waals surface area contributed by atoms with Crippen molar-refractivity contribution in [3.63, 3.8) is 0 Å². The van der Waals surface area contributed by atoms with Gasteiger partial charge < -0.3 is 19.9 Å². The van der Waals surface area contributed by atoms with Crippen molar-refractivity contribution < 1.29 is 24.2 Å². The fraction of sp³-hybridized carbons (Fsp3) is 0.520. The highest BCUT2D eigenvalue weighted by molar-refractivity contribution is 7.10. The molecule has 0 aliphatic rings. The van der Waals surface area contributed by atoms with Crippen molar-refractivity contribution >= 4 is 23.3 Å². The Bertz CT molecular complexity index is 900. The Labute approximate surface area is 194 Å². The monoisotopic (exact) mass is 461 g/mol. The smallest absolute Gasteiger partial charge is 0.320 e. The molecule has 2 rings (SSSR count). The summed E-state index contributed by atoms with van der Waals surface area (Å²) in [6.45, 7) is 10.9. The summed E-state index contributed by atoms with van der Waals surface area (Å²) in [5.41, 5.74) is 2.50. The minimum absolute atomic E-state index is 0.0830. The molecule has 176 valence electrons. The van der Waals surface area contributed by atoms with E-state index in [-0.39, 0.29) is 24.9 Å². The Kier molecular flexibility index (Phi) is 9.72. The molecule has 0 aliphatic heterocycles. The van der Waals surface area contributed by atoms with Crippen molar-refractivity contribution in [2.45, 2.75) is 71.9 Å². The molecule has 2 aromatic rings. The van der Waals surface area contributed by atoms with E-state index in [2.05, 4.69) is 23.7 Å². The number of nitrogens with one attached hydrogen (secondary N) is 1. The number of rotatable bonds is 12. The highest BCUT2D eigenvalue weighted by Crippen LogP contribution is 2.36. The molecule has 32 heavy (non-hydrogen) atoms. The van der Waals surface area contributed by atoms with Crippen molar-refractivity contribution in [2.24, 2.45) is 0 Å². The second-order valence-electron chi connectivity index (χ2n) is 8.95. The molecule has 2 N–H and O–H groups in total. The van der Waals surface area contributed by atoms with E-state index in [1.54, 1.807) is 11.3 Å². The van der Waals surface area contributed by atoms with E-state index in [0.717, 1.165) is 40.2 Å². The van der Waals surface area contributed by atoms with Gasteiger partial charge in [-0.3, -0.25) is 9.59 Å². The number of benzene rings is 1. The van der Waals surface area contributed by atoms with Gasteiger partial charge in [0.2, 0.25) is 0 Å². The molecule has 0 aliphatic carbocycles. The first kappa shape index (κ1) is 25.9. The second kappa shape index (κ2) is 12.0. The average Bonchev–Trinajstić information content (AvgIpc) is 3.15. The molecular formula is C25H35NO5S. The molecule has 1 unspecified atom stereocenters. The van der Waals surface area contributed by atoms with Gasteiger partial charge in [-0.15, -0.1) is 11.3 Å². The number of ether oxygens (including phenoxy) is 2. The van der Waals surface area contributed by atoms with E-state index in [1.807, 2.05) is 45.9 Å². The second-order valence-corrected chi connectivity index (χ2v) is 9.94. The molecular weight excluding hydrogens is 426 g/mol. The number of hydrogen-bond acceptors (Lipinski definition) is 6. The Morgan fingerprint density at radius 3 is 2.62 bits per heavy atom. The van der Waals surface area contributed by atoms with Crippen LogP contribution in [0.1, 0.15) is 70.2 Å². The van der Waals surface area contributed by atoms with Crippen LogP contribution in [0.4, 0.5) is 0 Å². The number of carbonyl (C=O) groups is 2. The molecule has 1 aromatic heterocycles. The van der Waals surface area contributed by atoms with Crippen LogP contribution >= 0.6 is 11.3 Å². The van der Waals surface area contributed by atoms with Crippen LogP contribution in [0.25, 0.3) is 11.1 Å². The molecule has 0 radical (unpaired) electrons. The van der Waals surface area contributed by atoms with Crippen LogP contribution in [0.15, 0.2) is 29.6 Å². The van der Waals surface area contributed by atoms with Gasteiger partial charge in [0.25, 0.3) is 0 Å². The van der Waals surface area contributed by atoms with Crippen molar-refractivity contribution in [3.05, 3.63) is 40.1 Å². The fourth-order valence-electron chi connectivity index (χ4n) is 3.19. The number of carboxylic acids is 1. The van der Waals surface area contributed by atoms with Crippen molar-refractivity contribution in [1.82, 2.24) is 5.32 Å². The molecule has 0 saturated heterocycles. The summed E-state index contributed by atoms with van der Waals surface area (Å²) in [5.74, 6) is -0.396. The molecule has 0 spiro atoms. The number of aliphatic carboxylic acids is 1. The van der Waals surface area contributed by atoms with Gasteiger partial charge in [-0.05, 0) is 61.7 Å². The summed E-state index contributed by atoms with van der Waals surface area (Å²) in [7, 11) is 0. The quantitative estimate of drug-likeness (QED) is 0.316. The van der Waals surface area contributed by atoms with Crippen LogP contribution in [-0.2, 0) is 20.9 Å². The van der Waals surface area contributed by atoms with Crippen molar-refractivity contribution in [2.75, 3.05) is 13.2 Å². The Hall–Kier alpha value is -2.38. The lowest BCUT2D eigenvalue weighted by atomic mass is 9.95. The predicted octanol–water partition coefficient (Wildman–Crippen LogP) is 5.60. The van der Waals surface area contributed by atoms with Crippen LogP contribution in [0, 0.1) is 0 Å². The summed E-state index contributed by atoms with van der Waals surface area (Å²) in [6, 6.07) is 8.05. The van der Waals surface area contributed by atoms with Gasteiger partial charge in [0.05, 0.1) is 19.6 Å². The molecule has 1 aromatic carbocycles. The van der Waals surface area contributed by atoms with E-state index in [9.17, 15) is 9.59 Å².